The summed E-state index contributed by atoms with van der Waals surface area (Å²) < 4.78 is 13.8. The van der Waals surface area contributed by atoms with Crippen LogP contribution in [0.1, 0.15) is 38.8 Å². The molecule has 1 fully saturated rings. The third-order valence-corrected chi connectivity index (χ3v) is 4.36. The fourth-order valence-electron chi connectivity index (χ4n) is 3.08. The zero-order valence-corrected chi connectivity index (χ0v) is 15.0. The van der Waals surface area contributed by atoms with Gasteiger partial charge in [0.05, 0.1) is 5.02 Å². The summed E-state index contributed by atoms with van der Waals surface area (Å²) in [6.07, 6.45) is 1.01. The van der Waals surface area contributed by atoms with Crippen molar-refractivity contribution in [2.75, 3.05) is 20.1 Å². The van der Waals surface area contributed by atoms with Gasteiger partial charge in [0, 0.05) is 18.1 Å². The predicted molar refractivity (Wildman–Crippen MR) is 94.3 cm³/mol. The summed E-state index contributed by atoms with van der Waals surface area (Å²) in [6, 6.07) is 5.18. The van der Waals surface area contributed by atoms with E-state index in [0.29, 0.717) is 18.4 Å². The molecule has 23 heavy (non-hydrogen) atoms. The van der Waals surface area contributed by atoms with Crippen molar-refractivity contribution in [2.24, 2.45) is 16.6 Å². The molecule has 2 atom stereocenters. The molecule has 1 saturated heterocycles. The van der Waals surface area contributed by atoms with Gasteiger partial charge < -0.3 is 11.1 Å². The van der Waals surface area contributed by atoms with Crippen molar-refractivity contribution < 1.29 is 4.39 Å². The number of hydrogen-bond donors (Lipinski definition) is 2. The molecule has 1 aromatic carbocycles. The Bertz CT molecular complexity index is 582. The normalized spacial score (nSPS) is 23.3. The molecular weight excluding hydrogens is 315 g/mol. The van der Waals surface area contributed by atoms with Gasteiger partial charge in [0.2, 0.25) is 0 Å². The number of likely N-dealkylation sites (tertiary alicyclic amines) is 1. The monoisotopic (exact) mass is 340 g/mol. The molecule has 0 aliphatic carbocycles. The van der Waals surface area contributed by atoms with Crippen molar-refractivity contribution in [1.82, 2.24) is 10.2 Å². The molecule has 128 valence electrons. The standard InChI is InChI=1S/C17H26ClFN4/c1-17(2,3)22-16(20)21-10-12-7-8-23(4)15(12)11-5-6-13(18)14(19)9-11/h5-6,9,12,15H,7-8,10H2,1-4H3,(H3,20,21,22). The summed E-state index contributed by atoms with van der Waals surface area (Å²) in [4.78, 5) is 6.71. The molecular formula is C17H26ClFN4. The second-order valence-corrected chi connectivity index (χ2v) is 7.66. The molecule has 1 aliphatic rings. The fraction of sp³-hybridized carbons (Fsp3) is 0.588. The molecule has 1 aliphatic heterocycles. The number of benzene rings is 1. The number of guanidine groups is 1. The first-order valence-corrected chi connectivity index (χ1v) is 8.28. The van der Waals surface area contributed by atoms with Crippen LogP contribution in [0.15, 0.2) is 23.2 Å². The van der Waals surface area contributed by atoms with E-state index in [1.54, 1.807) is 6.07 Å². The smallest absolute Gasteiger partial charge is 0.188 e. The van der Waals surface area contributed by atoms with Crippen molar-refractivity contribution in [1.29, 1.82) is 0 Å². The summed E-state index contributed by atoms with van der Waals surface area (Å²) >= 11 is 5.79. The van der Waals surface area contributed by atoms with E-state index in [4.69, 9.17) is 17.3 Å². The van der Waals surface area contributed by atoms with Gasteiger partial charge in [-0.25, -0.2) is 4.39 Å². The number of rotatable bonds is 3. The summed E-state index contributed by atoms with van der Waals surface area (Å²) in [5.74, 6) is 0.384. The number of aliphatic imine (C=N–C) groups is 1. The molecule has 3 N–H and O–H groups in total. The van der Waals surface area contributed by atoms with Gasteiger partial charge in [0.25, 0.3) is 0 Å². The van der Waals surface area contributed by atoms with Crippen LogP contribution in [0, 0.1) is 11.7 Å². The van der Waals surface area contributed by atoms with E-state index < -0.39 is 0 Å². The van der Waals surface area contributed by atoms with E-state index in [9.17, 15) is 4.39 Å². The van der Waals surface area contributed by atoms with Crippen molar-refractivity contribution in [2.45, 2.75) is 38.8 Å². The van der Waals surface area contributed by atoms with E-state index in [1.807, 2.05) is 26.8 Å². The van der Waals surface area contributed by atoms with Gasteiger partial charge in [0.15, 0.2) is 5.96 Å². The number of hydrogen-bond acceptors (Lipinski definition) is 2. The topological polar surface area (TPSA) is 53.6 Å². The first-order chi connectivity index (χ1) is 10.7. The van der Waals surface area contributed by atoms with Gasteiger partial charge in [-0.15, -0.1) is 0 Å². The van der Waals surface area contributed by atoms with Crippen LogP contribution < -0.4 is 11.1 Å². The lowest BCUT2D eigenvalue weighted by Gasteiger charge is -2.25. The molecule has 2 unspecified atom stereocenters. The Morgan fingerprint density at radius 1 is 1.48 bits per heavy atom. The number of nitrogens with two attached hydrogens (primary N) is 1. The average Bonchev–Trinajstić information content (AvgIpc) is 2.79. The van der Waals surface area contributed by atoms with Gasteiger partial charge in [-0.3, -0.25) is 9.89 Å². The zero-order chi connectivity index (χ0) is 17.2. The Hall–Kier alpha value is -1.33. The van der Waals surface area contributed by atoms with Crippen molar-refractivity contribution >= 4 is 17.6 Å². The van der Waals surface area contributed by atoms with Crippen LogP contribution in [0.5, 0.6) is 0 Å². The Balaban J connectivity index is 2.12. The van der Waals surface area contributed by atoms with Gasteiger partial charge in [-0.1, -0.05) is 17.7 Å². The van der Waals surface area contributed by atoms with E-state index in [-0.39, 0.29) is 22.4 Å². The average molecular weight is 341 g/mol. The first-order valence-electron chi connectivity index (χ1n) is 7.90. The minimum absolute atomic E-state index is 0.112. The van der Waals surface area contributed by atoms with E-state index in [2.05, 4.69) is 22.3 Å². The molecule has 0 aromatic heterocycles. The van der Waals surface area contributed by atoms with E-state index >= 15 is 0 Å². The molecule has 0 bridgehead atoms. The third-order valence-electron chi connectivity index (χ3n) is 4.06. The molecule has 0 saturated carbocycles. The Kier molecular flexibility index (Phi) is 5.53. The second kappa shape index (κ2) is 7.05. The maximum absolute atomic E-state index is 13.8. The fourth-order valence-corrected chi connectivity index (χ4v) is 3.20. The lowest BCUT2D eigenvalue weighted by atomic mass is 9.94. The Morgan fingerprint density at radius 2 is 2.17 bits per heavy atom. The first kappa shape index (κ1) is 18.0. The molecule has 2 rings (SSSR count). The highest BCUT2D eigenvalue weighted by Gasteiger charge is 2.33. The van der Waals surface area contributed by atoms with Gasteiger partial charge in [-0.2, -0.15) is 0 Å². The van der Waals surface area contributed by atoms with Gasteiger partial charge in [-0.05, 0) is 64.4 Å². The minimum atomic E-state index is -0.374. The summed E-state index contributed by atoms with van der Waals surface area (Å²) in [6.45, 7) is 7.70. The Labute approximate surface area is 142 Å². The van der Waals surface area contributed by atoms with Crippen LogP contribution in [0.3, 0.4) is 0 Å². The molecule has 1 aromatic rings. The van der Waals surface area contributed by atoms with Gasteiger partial charge in [0.1, 0.15) is 5.82 Å². The molecule has 0 radical (unpaired) electrons. The van der Waals surface area contributed by atoms with Crippen LogP contribution in [0.2, 0.25) is 5.02 Å². The van der Waals surface area contributed by atoms with E-state index in [1.165, 1.54) is 6.07 Å². The highest BCUT2D eigenvalue weighted by molar-refractivity contribution is 6.30. The quantitative estimate of drug-likeness (QED) is 0.656. The molecule has 6 heteroatoms. The molecule has 1 heterocycles. The van der Waals surface area contributed by atoms with Crippen molar-refractivity contribution in [3.63, 3.8) is 0 Å². The number of nitrogens with zero attached hydrogens (tertiary/aromatic N) is 2. The highest BCUT2D eigenvalue weighted by atomic mass is 35.5. The second-order valence-electron chi connectivity index (χ2n) is 7.25. The SMILES string of the molecule is CN1CCC(CN=C(N)NC(C)(C)C)C1c1ccc(Cl)c(F)c1. The third kappa shape index (κ3) is 4.82. The van der Waals surface area contributed by atoms with Crippen LogP contribution in [-0.4, -0.2) is 36.5 Å². The van der Waals surface area contributed by atoms with Crippen LogP contribution in [-0.2, 0) is 0 Å². The minimum Gasteiger partial charge on any atom is -0.370 e. The lowest BCUT2D eigenvalue weighted by Crippen LogP contribution is -2.45. The highest BCUT2D eigenvalue weighted by Crippen LogP contribution is 2.37. The molecule has 0 amide bonds. The maximum atomic E-state index is 13.8. The van der Waals surface area contributed by atoms with Gasteiger partial charge >= 0.3 is 0 Å². The number of halogens is 2. The van der Waals surface area contributed by atoms with Crippen LogP contribution in [0.4, 0.5) is 4.39 Å². The maximum Gasteiger partial charge on any atom is 0.188 e. The molecule has 4 nitrogen and oxygen atoms in total. The summed E-state index contributed by atoms with van der Waals surface area (Å²) in [5, 5.41) is 3.32. The lowest BCUT2D eigenvalue weighted by molar-refractivity contribution is 0.279. The summed E-state index contributed by atoms with van der Waals surface area (Å²) in [5.41, 5.74) is 6.78. The zero-order valence-electron chi connectivity index (χ0n) is 14.2. The van der Waals surface area contributed by atoms with Crippen LogP contribution in [0.25, 0.3) is 0 Å². The Morgan fingerprint density at radius 3 is 2.78 bits per heavy atom. The van der Waals surface area contributed by atoms with E-state index in [0.717, 1.165) is 18.5 Å². The molecule has 0 spiro atoms. The summed E-state index contributed by atoms with van der Waals surface area (Å²) in [7, 11) is 2.05. The van der Waals surface area contributed by atoms with Crippen molar-refractivity contribution in [3.8, 4) is 0 Å². The van der Waals surface area contributed by atoms with Crippen molar-refractivity contribution in [3.05, 3.63) is 34.6 Å². The predicted octanol–water partition coefficient (Wildman–Crippen LogP) is 3.17. The largest absolute Gasteiger partial charge is 0.370 e. The van der Waals surface area contributed by atoms with Crippen LogP contribution >= 0.6 is 11.6 Å². The number of nitrogens with one attached hydrogen (secondary N) is 1.